The number of methoxy groups -OCH3 is 1. The fourth-order valence-corrected chi connectivity index (χ4v) is 5.92. The minimum absolute atomic E-state index is 0.351. The zero-order chi connectivity index (χ0) is 18.4. The molecule has 3 heterocycles. The average molecular weight is 396 g/mol. The van der Waals surface area contributed by atoms with Gasteiger partial charge in [0.25, 0.3) is 0 Å². The normalized spacial score (nSPS) is 13.4. The van der Waals surface area contributed by atoms with E-state index in [1.54, 1.807) is 48.7 Å². The maximum Gasteiger partial charge on any atom is 0.336 e. The fourth-order valence-electron chi connectivity index (χ4n) is 3.61. The first-order valence-electron chi connectivity index (χ1n) is 8.72. The molecule has 4 aromatic rings. The number of ether oxygens (including phenoxy) is 1. The topological polar surface area (TPSA) is 65.2 Å². The molecule has 1 aromatic carbocycles. The van der Waals surface area contributed by atoms with Gasteiger partial charge < -0.3 is 9.15 Å². The lowest BCUT2D eigenvalue weighted by molar-refractivity contribution is 0.414. The van der Waals surface area contributed by atoms with Crippen molar-refractivity contribution < 1.29 is 9.15 Å². The molecule has 0 radical (unpaired) electrons. The van der Waals surface area contributed by atoms with Crippen LogP contribution < -0.4 is 10.4 Å². The van der Waals surface area contributed by atoms with E-state index in [4.69, 9.17) is 9.15 Å². The van der Waals surface area contributed by atoms with E-state index in [9.17, 15) is 4.79 Å². The van der Waals surface area contributed by atoms with Crippen molar-refractivity contribution >= 4 is 44.3 Å². The van der Waals surface area contributed by atoms with Gasteiger partial charge in [-0.3, -0.25) is 0 Å². The van der Waals surface area contributed by atoms with Gasteiger partial charge in [-0.1, -0.05) is 0 Å². The Hall–Kier alpha value is -2.38. The molecule has 0 unspecified atom stereocenters. The number of rotatable bonds is 4. The minimum Gasteiger partial charge on any atom is -0.497 e. The SMILES string of the molecule is COc1ccc2c(CSc3ncnc4sc5c(c34)CCC5)cc(=O)oc2c1. The minimum atomic E-state index is -0.351. The Kier molecular flexibility index (Phi) is 4.13. The van der Waals surface area contributed by atoms with E-state index in [1.807, 2.05) is 12.1 Å². The van der Waals surface area contributed by atoms with Crippen LogP contribution in [0.25, 0.3) is 21.2 Å². The van der Waals surface area contributed by atoms with Gasteiger partial charge in [0.2, 0.25) is 0 Å². The van der Waals surface area contributed by atoms with Gasteiger partial charge in [-0.2, -0.15) is 0 Å². The van der Waals surface area contributed by atoms with Gasteiger partial charge in [0.05, 0.1) is 7.11 Å². The lowest BCUT2D eigenvalue weighted by atomic mass is 10.1. The van der Waals surface area contributed by atoms with Crippen LogP contribution in [0.1, 0.15) is 22.4 Å². The van der Waals surface area contributed by atoms with Crippen LogP contribution in [0.3, 0.4) is 0 Å². The van der Waals surface area contributed by atoms with Crippen LogP contribution in [0.5, 0.6) is 5.75 Å². The van der Waals surface area contributed by atoms with Gasteiger partial charge >= 0.3 is 5.63 Å². The van der Waals surface area contributed by atoms with Crippen molar-refractivity contribution in [1.29, 1.82) is 0 Å². The second-order valence-electron chi connectivity index (χ2n) is 6.46. The maximum atomic E-state index is 12.0. The highest BCUT2D eigenvalue weighted by Gasteiger charge is 2.21. The highest BCUT2D eigenvalue weighted by Crippen LogP contribution is 2.40. The van der Waals surface area contributed by atoms with E-state index in [-0.39, 0.29) is 5.63 Å². The first-order valence-corrected chi connectivity index (χ1v) is 10.5. The monoisotopic (exact) mass is 396 g/mol. The molecule has 0 amide bonds. The Balaban J connectivity index is 1.54. The Morgan fingerprint density at radius 1 is 1.26 bits per heavy atom. The van der Waals surface area contributed by atoms with Gasteiger partial charge in [0, 0.05) is 33.5 Å². The molecule has 0 aliphatic heterocycles. The number of thioether (sulfide) groups is 1. The third kappa shape index (κ3) is 2.91. The van der Waals surface area contributed by atoms with Crippen LogP contribution in [0.15, 0.2) is 44.8 Å². The van der Waals surface area contributed by atoms with Crippen LogP contribution in [0.4, 0.5) is 0 Å². The molecule has 27 heavy (non-hydrogen) atoms. The van der Waals surface area contributed by atoms with E-state index in [0.717, 1.165) is 33.6 Å². The Bertz CT molecular complexity index is 1230. The standard InChI is InChI=1S/C20H16N2O3S2/c1-24-12-5-6-13-11(7-17(23)25-15(13)8-12)9-26-19-18-14-3-2-4-16(14)27-20(18)22-10-21-19/h5-8,10H,2-4,9H2,1H3. The lowest BCUT2D eigenvalue weighted by Crippen LogP contribution is -2.00. The van der Waals surface area contributed by atoms with Crippen LogP contribution in [0.2, 0.25) is 0 Å². The van der Waals surface area contributed by atoms with Gasteiger partial charge in [0.1, 0.15) is 27.5 Å². The first-order chi connectivity index (χ1) is 13.2. The van der Waals surface area contributed by atoms with Crippen molar-refractivity contribution in [3.8, 4) is 5.75 Å². The maximum absolute atomic E-state index is 12.0. The number of hydrogen-bond donors (Lipinski definition) is 0. The van der Waals surface area contributed by atoms with Crippen molar-refractivity contribution in [3.05, 3.63) is 57.0 Å². The molecule has 5 nitrogen and oxygen atoms in total. The molecule has 0 fully saturated rings. The smallest absolute Gasteiger partial charge is 0.336 e. The van der Waals surface area contributed by atoms with Crippen LogP contribution in [-0.2, 0) is 18.6 Å². The van der Waals surface area contributed by atoms with E-state index < -0.39 is 0 Å². The summed E-state index contributed by atoms with van der Waals surface area (Å²) < 4.78 is 10.6. The van der Waals surface area contributed by atoms with Crippen LogP contribution >= 0.6 is 23.1 Å². The predicted octanol–water partition coefficient (Wildman–Crippen LogP) is 4.59. The third-order valence-electron chi connectivity index (χ3n) is 4.87. The predicted molar refractivity (Wildman–Crippen MR) is 108 cm³/mol. The molecule has 1 aliphatic rings. The van der Waals surface area contributed by atoms with Gasteiger partial charge in [-0.25, -0.2) is 14.8 Å². The molecular formula is C20H16N2O3S2. The quantitative estimate of drug-likeness (QED) is 0.286. The summed E-state index contributed by atoms with van der Waals surface area (Å²) in [6, 6.07) is 7.13. The van der Waals surface area contributed by atoms with Crippen LogP contribution in [0, 0.1) is 0 Å². The summed E-state index contributed by atoms with van der Waals surface area (Å²) in [7, 11) is 1.60. The third-order valence-corrected chi connectivity index (χ3v) is 7.11. The van der Waals surface area contributed by atoms with Gasteiger partial charge in [-0.05, 0) is 42.5 Å². The van der Waals surface area contributed by atoms with Crippen molar-refractivity contribution in [2.24, 2.45) is 0 Å². The second-order valence-corrected chi connectivity index (χ2v) is 8.51. The summed E-state index contributed by atoms with van der Waals surface area (Å²) >= 11 is 3.44. The Morgan fingerprint density at radius 2 is 2.19 bits per heavy atom. The summed E-state index contributed by atoms with van der Waals surface area (Å²) in [5.74, 6) is 1.31. The summed E-state index contributed by atoms with van der Waals surface area (Å²) in [6.45, 7) is 0. The molecule has 7 heteroatoms. The number of fused-ring (bicyclic) bond motifs is 4. The molecule has 0 N–H and O–H groups in total. The number of nitrogens with zero attached hydrogens (tertiary/aromatic N) is 2. The molecule has 0 spiro atoms. The fraction of sp³-hybridized carbons (Fsp3) is 0.250. The average Bonchev–Trinajstić information content (AvgIpc) is 3.26. The number of benzene rings is 1. The zero-order valence-corrected chi connectivity index (χ0v) is 16.3. The molecule has 0 saturated heterocycles. The largest absolute Gasteiger partial charge is 0.497 e. The number of aromatic nitrogens is 2. The summed E-state index contributed by atoms with van der Waals surface area (Å²) in [4.78, 5) is 23.5. The lowest BCUT2D eigenvalue weighted by Gasteiger charge is -2.07. The molecular weight excluding hydrogens is 380 g/mol. The molecule has 0 atom stereocenters. The van der Waals surface area contributed by atoms with E-state index >= 15 is 0 Å². The van der Waals surface area contributed by atoms with E-state index in [0.29, 0.717) is 17.1 Å². The molecule has 3 aromatic heterocycles. The number of aryl methyl sites for hydroxylation is 2. The van der Waals surface area contributed by atoms with Crippen molar-refractivity contribution in [1.82, 2.24) is 9.97 Å². The van der Waals surface area contributed by atoms with Gasteiger partial charge in [-0.15, -0.1) is 23.1 Å². The second kappa shape index (κ2) is 6.65. The van der Waals surface area contributed by atoms with Crippen LogP contribution in [-0.4, -0.2) is 17.1 Å². The molecule has 5 rings (SSSR count). The summed E-state index contributed by atoms with van der Waals surface area (Å²) in [5.41, 5.74) is 2.55. The highest BCUT2D eigenvalue weighted by atomic mass is 32.2. The van der Waals surface area contributed by atoms with E-state index in [1.165, 1.54) is 22.2 Å². The van der Waals surface area contributed by atoms with Gasteiger partial charge in [0.15, 0.2) is 0 Å². The Morgan fingerprint density at radius 3 is 3.07 bits per heavy atom. The summed E-state index contributed by atoms with van der Waals surface area (Å²) in [6.07, 6.45) is 5.10. The molecule has 0 bridgehead atoms. The number of thiophene rings is 1. The molecule has 0 saturated carbocycles. The van der Waals surface area contributed by atoms with Crippen molar-refractivity contribution in [3.63, 3.8) is 0 Å². The number of hydrogen-bond acceptors (Lipinski definition) is 7. The highest BCUT2D eigenvalue weighted by molar-refractivity contribution is 7.98. The molecule has 1 aliphatic carbocycles. The molecule has 136 valence electrons. The Labute approximate surface area is 163 Å². The van der Waals surface area contributed by atoms with Crippen molar-refractivity contribution in [2.75, 3.05) is 7.11 Å². The summed E-state index contributed by atoms with van der Waals surface area (Å²) in [5, 5.41) is 3.12. The van der Waals surface area contributed by atoms with Crippen molar-refractivity contribution in [2.45, 2.75) is 30.0 Å². The van der Waals surface area contributed by atoms with E-state index in [2.05, 4.69) is 9.97 Å². The first kappa shape index (κ1) is 16.8. The zero-order valence-electron chi connectivity index (χ0n) is 14.7.